The number of hydrogen-bond acceptors (Lipinski definition) is 0. The van der Waals surface area contributed by atoms with Crippen LogP contribution in [0, 0.1) is 0 Å². The van der Waals surface area contributed by atoms with E-state index in [2.05, 4.69) is 43.8 Å². The van der Waals surface area contributed by atoms with Crippen LogP contribution in [0.3, 0.4) is 0 Å². The second-order valence-corrected chi connectivity index (χ2v) is 25.5. The van der Waals surface area contributed by atoms with Gasteiger partial charge >= 0.3 is 74.5 Å². The molecular weight excluding hydrogens is 327 g/mol. The molecule has 0 saturated carbocycles. The molecule has 0 amide bonds. The van der Waals surface area contributed by atoms with Gasteiger partial charge in [0.15, 0.2) is 0 Å². The van der Waals surface area contributed by atoms with Crippen molar-refractivity contribution in [2.24, 2.45) is 0 Å². The van der Waals surface area contributed by atoms with Gasteiger partial charge in [-0.1, -0.05) is 0 Å². The SMILES string of the molecule is [CH3][Pb]([CH3])([CH3])[CH2]c1ccccc1. The van der Waals surface area contributed by atoms with E-state index < -0.39 is 21.2 Å². The third kappa shape index (κ3) is 3.89. The van der Waals surface area contributed by atoms with Crippen molar-refractivity contribution in [3.63, 3.8) is 0 Å². The molecule has 0 heterocycles. The third-order valence-corrected chi connectivity index (χ3v) is 7.29. The molecule has 11 heavy (non-hydrogen) atoms. The van der Waals surface area contributed by atoms with Crippen LogP contribution in [0.2, 0.25) is 13.4 Å². The van der Waals surface area contributed by atoms with Crippen molar-refractivity contribution >= 4 is 21.2 Å². The van der Waals surface area contributed by atoms with Gasteiger partial charge in [-0.05, 0) is 0 Å². The molecule has 1 rings (SSSR count). The molecule has 0 unspecified atom stereocenters. The van der Waals surface area contributed by atoms with Gasteiger partial charge in [0.25, 0.3) is 0 Å². The molecule has 60 valence electrons. The van der Waals surface area contributed by atoms with Crippen LogP contribution in [0.1, 0.15) is 5.56 Å². The van der Waals surface area contributed by atoms with Crippen molar-refractivity contribution in [3.8, 4) is 0 Å². The molecule has 1 aromatic carbocycles. The Morgan fingerprint density at radius 1 is 1.00 bits per heavy atom. The van der Waals surface area contributed by atoms with Gasteiger partial charge in [0.2, 0.25) is 0 Å². The van der Waals surface area contributed by atoms with Gasteiger partial charge < -0.3 is 0 Å². The maximum absolute atomic E-state index is 2.49. The zero-order valence-corrected chi connectivity index (χ0v) is 11.5. The minimum atomic E-state index is -1.68. The molecule has 0 aromatic heterocycles. The molecule has 0 nitrogen and oxygen atoms in total. The Hall–Kier alpha value is 0.142. The van der Waals surface area contributed by atoms with Crippen LogP contribution in [0.25, 0.3) is 0 Å². The van der Waals surface area contributed by atoms with E-state index >= 15 is 0 Å². The summed E-state index contributed by atoms with van der Waals surface area (Å²) in [5.74, 6) is 0. The first-order valence-electron chi connectivity index (χ1n) is 4.12. The van der Waals surface area contributed by atoms with Crippen molar-refractivity contribution < 1.29 is 0 Å². The van der Waals surface area contributed by atoms with E-state index in [1.165, 1.54) is 9.54 Å². The first-order valence-corrected chi connectivity index (χ1v) is 18.5. The van der Waals surface area contributed by atoms with E-state index in [0.717, 1.165) is 0 Å². The minimum absolute atomic E-state index is 1.38. The van der Waals surface area contributed by atoms with Gasteiger partial charge in [-0.2, -0.15) is 0 Å². The fourth-order valence-electron chi connectivity index (χ4n) is 1.21. The van der Waals surface area contributed by atoms with E-state index in [-0.39, 0.29) is 0 Å². The second kappa shape index (κ2) is 3.70. The number of benzene rings is 1. The molecule has 0 N–H and O–H groups in total. The predicted molar refractivity (Wildman–Crippen MR) is 53.5 cm³/mol. The van der Waals surface area contributed by atoms with Crippen molar-refractivity contribution in [3.05, 3.63) is 35.9 Å². The zero-order chi connectivity index (χ0) is 8.32. The van der Waals surface area contributed by atoms with Crippen LogP contribution < -0.4 is 0 Å². The average molecular weight is 343 g/mol. The van der Waals surface area contributed by atoms with Gasteiger partial charge in [0.05, 0.1) is 0 Å². The van der Waals surface area contributed by atoms with Gasteiger partial charge in [-0.25, -0.2) is 0 Å². The molecule has 1 heteroatoms. The first-order chi connectivity index (χ1) is 5.08. The summed E-state index contributed by atoms with van der Waals surface area (Å²) >= 11 is -1.68. The third-order valence-electron chi connectivity index (χ3n) is 1.58. The Labute approximate surface area is 74.3 Å². The van der Waals surface area contributed by atoms with E-state index in [0.29, 0.717) is 0 Å². The topological polar surface area (TPSA) is 0 Å². The normalized spacial score (nSPS) is 11.5. The van der Waals surface area contributed by atoms with Crippen molar-refractivity contribution in [1.82, 2.24) is 0 Å². The molecule has 0 fully saturated rings. The first kappa shape index (κ1) is 9.23. The van der Waals surface area contributed by atoms with E-state index in [1.807, 2.05) is 0 Å². The Balaban J connectivity index is 2.66. The fraction of sp³-hybridized carbons (Fsp3) is 0.400. The molecule has 0 aliphatic rings. The summed E-state index contributed by atoms with van der Waals surface area (Å²) in [5, 5.41) is 0. The number of rotatable bonds is 2. The Morgan fingerprint density at radius 3 is 2.00 bits per heavy atom. The molecule has 0 aliphatic heterocycles. The zero-order valence-electron chi connectivity index (χ0n) is 7.59. The predicted octanol–water partition coefficient (Wildman–Crippen LogP) is 3.11. The van der Waals surface area contributed by atoms with Crippen LogP contribution in [-0.4, -0.2) is 21.2 Å². The number of hydrogen-bond donors (Lipinski definition) is 0. The van der Waals surface area contributed by atoms with Gasteiger partial charge in [-0.3, -0.25) is 0 Å². The second-order valence-electron chi connectivity index (χ2n) is 4.22. The van der Waals surface area contributed by atoms with Gasteiger partial charge in [0.1, 0.15) is 0 Å². The van der Waals surface area contributed by atoms with Gasteiger partial charge in [-0.15, -0.1) is 0 Å². The molecule has 0 saturated heterocycles. The molecule has 0 aliphatic carbocycles. The van der Waals surface area contributed by atoms with Crippen LogP contribution in [0.4, 0.5) is 0 Å². The molecule has 1 aromatic rings. The summed E-state index contributed by atoms with van der Waals surface area (Å²) in [6.45, 7) is 0. The van der Waals surface area contributed by atoms with Crippen molar-refractivity contribution in [2.75, 3.05) is 0 Å². The molecule has 0 bridgehead atoms. The van der Waals surface area contributed by atoms with Gasteiger partial charge in [0, 0.05) is 0 Å². The van der Waals surface area contributed by atoms with Crippen molar-refractivity contribution in [1.29, 1.82) is 0 Å². The fourth-order valence-corrected chi connectivity index (χ4v) is 6.89. The molecular formula is C10H16Pb. The molecule has 0 radical (unpaired) electrons. The summed E-state index contributed by atoms with van der Waals surface area (Å²) in [6, 6.07) is 10.8. The van der Waals surface area contributed by atoms with Crippen LogP contribution in [0.5, 0.6) is 0 Å². The summed E-state index contributed by atoms with van der Waals surface area (Å²) < 4.78 is 8.84. The Kier molecular flexibility index (Phi) is 3.10. The van der Waals surface area contributed by atoms with Crippen LogP contribution >= 0.6 is 0 Å². The Morgan fingerprint density at radius 2 is 1.55 bits per heavy atom. The average Bonchev–Trinajstić information content (AvgIpc) is 1.85. The van der Waals surface area contributed by atoms with Crippen molar-refractivity contribution in [2.45, 2.75) is 17.4 Å². The van der Waals surface area contributed by atoms with E-state index in [4.69, 9.17) is 0 Å². The standard InChI is InChI=1S/C7H7.3CH3.Pb/c1-7-5-3-2-4-6-7;;;;/h2-6H,1H2;3*1H3;. The Bertz CT molecular complexity index is 208. The molecule has 0 spiro atoms. The summed E-state index contributed by atoms with van der Waals surface area (Å²) in [6.07, 6.45) is 0. The summed E-state index contributed by atoms with van der Waals surface area (Å²) in [4.78, 5) is 0. The quantitative estimate of drug-likeness (QED) is 0.724. The van der Waals surface area contributed by atoms with E-state index in [1.54, 1.807) is 0 Å². The summed E-state index contributed by atoms with van der Waals surface area (Å²) in [7, 11) is 0. The molecule has 0 atom stereocenters. The van der Waals surface area contributed by atoms with Crippen LogP contribution in [-0.2, 0) is 3.98 Å². The van der Waals surface area contributed by atoms with Crippen LogP contribution in [0.15, 0.2) is 30.3 Å². The monoisotopic (exact) mass is 344 g/mol. The maximum atomic E-state index is 2.49. The summed E-state index contributed by atoms with van der Waals surface area (Å²) in [5.41, 5.74) is 1.53. The van der Waals surface area contributed by atoms with E-state index in [9.17, 15) is 0 Å².